The predicted molar refractivity (Wildman–Crippen MR) is 76.6 cm³/mol. The minimum Gasteiger partial charge on any atom is -0.338 e. The highest BCUT2D eigenvalue weighted by atomic mass is 79.9. The topological polar surface area (TPSA) is 41.6 Å². The van der Waals surface area contributed by atoms with E-state index in [0.29, 0.717) is 0 Å². The number of fused-ring (bicyclic) bond motifs is 4. The first-order valence-corrected chi connectivity index (χ1v) is 6.44. The van der Waals surface area contributed by atoms with E-state index in [4.69, 9.17) is 4.98 Å². The number of H-pyrrole nitrogens is 1. The predicted octanol–water partition coefficient (Wildman–Crippen LogP) is 4.03. The van der Waals surface area contributed by atoms with Crippen molar-refractivity contribution < 1.29 is 0 Å². The van der Waals surface area contributed by atoms with Crippen molar-refractivity contribution in [2.24, 2.45) is 0 Å². The molecule has 0 aliphatic heterocycles. The fraction of sp³-hybridized carbons (Fsp3) is 0. The molecule has 0 bridgehead atoms. The second-order valence-electron chi connectivity index (χ2n) is 4.22. The van der Waals surface area contributed by atoms with E-state index in [0.717, 1.165) is 37.6 Å². The second kappa shape index (κ2) is 3.53. The molecule has 1 N–H and O–H groups in total. The summed E-state index contributed by atoms with van der Waals surface area (Å²) < 4.78 is 1.01. The van der Waals surface area contributed by atoms with Gasteiger partial charge >= 0.3 is 0 Å². The van der Waals surface area contributed by atoms with Crippen LogP contribution in [0.1, 0.15) is 0 Å². The van der Waals surface area contributed by atoms with Crippen molar-refractivity contribution in [3.05, 3.63) is 46.9 Å². The van der Waals surface area contributed by atoms with E-state index in [1.807, 2.05) is 36.4 Å². The Labute approximate surface area is 111 Å². The van der Waals surface area contributed by atoms with Gasteiger partial charge in [0.15, 0.2) is 5.65 Å². The maximum Gasteiger partial charge on any atom is 0.157 e. The number of nitrogens with zero attached hydrogens (tertiary/aromatic N) is 2. The van der Waals surface area contributed by atoms with Gasteiger partial charge in [0.1, 0.15) is 5.52 Å². The molecule has 0 atom stereocenters. The van der Waals surface area contributed by atoms with Crippen molar-refractivity contribution in [3.63, 3.8) is 0 Å². The molecule has 0 unspecified atom stereocenters. The third-order valence-corrected chi connectivity index (χ3v) is 3.55. The zero-order valence-corrected chi connectivity index (χ0v) is 10.9. The van der Waals surface area contributed by atoms with Gasteiger partial charge in [0.2, 0.25) is 0 Å². The summed E-state index contributed by atoms with van der Waals surface area (Å²) in [5.74, 6) is 0. The van der Waals surface area contributed by atoms with E-state index in [1.54, 1.807) is 0 Å². The number of hydrogen-bond donors (Lipinski definition) is 1. The van der Waals surface area contributed by atoms with Crippen LogP contribution in [0.25, 0.3) is 33.1 Å². The van der Waals surface area contributed by atoms with Crippen LogP contribution in [0.2, 0.25) is 0 Å². The molecule has 3 nitrogen and oxygen atoms in total. The summed E-state index contributed by atoms with van der Waals surface area (Å²) in [5, 5.41) is 1.12. The Morgan fingerprint density at radius 3 is 2.78 bits per heavy atom. The molecule has 0 aliphatic carbocycles. The van der Waals surface area contributed by atoms with Crippen LogP contribution in [0.5, 0.6) is 0 Å². The van der Waals surface area contributed by atoms with Gasteiger partial charge in [0.05, 0.1) is 11.0 Å². The molecule has 2 heterocycles. The van der Waals surface area contributed by atoms with Gasteiger partial charge in [-0.15, -0.1) is 0 Å². The Balaban J connectivity index is 2.23. The van der Waals surface area contributed by atoms with Crippen molar-refractivity contribution in [3.8, 4) is 0 Å². The van der Waals surface area contributed by atoms with Crippen LogP contribution in [0.15, 0.2) is 46.9 Å². The van der Waals surface area contributed by atoms with Crippen molar-refractivity contribution in [1.82, 2.24) is 15.0 Å². The molecule has 4 aromatic rings. The van der Waals surface area contributed by atoms with Gasteiger partial charge < -0.3 is 4.98 Å². The van der Waals surface area contributed by atoms with E-state index < -0.39 is 0 Å². The van der Waals surface area contributed by atoms with Crippen LogP contribution >= 0.6 is 15.9 Å². The first kappa shape index (κ1) is 10.0. The molecule has 18 heavy (non-hydrogen) atoms. The third kappa shape index (κ3) is 1.36. The molecule has 0 aliphatic rings. The molecule has 0 fully saturated rings. The van der Waals surface area contributed by atoms with Gasteiger partial charge in [0, 0.05) is 15.4 Å². The Kier molecular flexibility index (Phi) is 1.96. The number of halogens is 1. The van der Waals surface area contributed by atoms with Gasteiger partial charge in [-0.25, -0.2) is 9.97 Å². The molecule has 0 saturated carbocycles. The van der Waals surface area contributed by atoms with E-state index in [1.165, 1.54) is 0 Å². The smallest absolute Gasteiger partial charge is 0.157 e. The summed E-state index contributed by atoms with van der Waals surface area (Å²) in [7, 11) is 0. The van der Waals surface area contributed by atoms with Crippen LogP contribution in [-0.4, -0.2) is 15.0 Å². The highest BCUT2D eigenvalue weighted by Crippen LogP contribution is 2.25. The first-order valence-electron chi connectivity index (χ1n) is 5.65. The van der Waals surface area contributed by atoms with Crippen molar-refractivity contribution in [2.75, 3.05) is 0 Å². The fourth-order valence-corrected chi connectivity index (χ4v) is 2.58. The van der Waals surface area contributed by atoms with E-state index >= 15 is 0 Å². The molecule has 2 aromatic carbocycles. The quantitative estimate of drug-likeness (QED) is 0.532. The number of benzene rings is 2. The maximum atomic E-state index is 4.69. The van der Waals surface area contributed by atoms with Crippen molar-refractivity contribution in [1.29, 1.82) is 0 Å². The van der Waals surface area contributed by atoms with Crippen LogP contribution in [0, 0.1) is 0 Å². The number of para-hydroxylation sites is 1. The zero-order chi connectivity index (χ0) is 12.1. The van der Waals surface area contributed by atoms with Gasteiger partial charge in [-0.2, -0.15) is 0 Å². The highest BCUT2D eigenvalue weighted by molar-refractivity contribution is 9.10. The molecule has 4 heteroatoms. The maximum absolute atomic E-state index is 4.69. The zero-order valence-electron chi connectivity index (χ0n) is 9.31. The van der Waals surface area contributed by atoms with Crippen LogP contribution in [-0.2, 0) is 0 Å². The van der Waals surface area contributed by atoms with Crippen molar-refractivity contribution >= 4 is 49.0 Å². The second-order valence-corrected chi connectivity index (χ2v) is 5.14. The summed E-state index contributed by atoms with van der Waals surface area (Å²) in [5.41, 5.74) is 4.64. The van der Waals surface area contributed by atoms with Gasteiger partial charge in [0.25, 0.3) is 0 Å². The lowest BCUT2D eigenvalue weighted by Crippen LogP contribution is -1.85. The lowest BCUT2D eigenvalue weighted by Gasteiger charge is -1.97. The largest absolute Gasteiger partial charge is 0.338 e. The van der Waals surface area contributed by atoms with Crippen LogP contribution in [0.3, 0.4) is 0 Å². The van der Waals surface area contributed by atoms with Crippen molar-refractivity contribution in [2.45, 2.75) is 0 Å². The molecular weight excluding hydrogens is 290 g/mol. The molecule has 0 saturated heterocycles. The van der Waals surface area contributed by atoms with Crippen LogP contribution < -0.4 is 0 Å². The average molecular weight is 298 g/mol. The monoisotopic (exact) mass is 297 g/mol. The first-order chi connectivity index (χ1) is 8.81. The number of aromatic amines is 1. The summed E-state index contributed by atoms with van der Waals surface area (Å²) in [6, 6.07) is 14.1. The Bertz CT molecular complexity index is 895. The lowest BCUT2D eigenvalue weighted by atomic mass is 10.2. The van der Waals surface area contributed by atoms with Gasteiger partial charge in [-0.1, -0.05) is 34.1 Å². The number of aromatic nitrogens is 3. The SMILES string of the molecule is Brc1ccc2nc3c(nc2c1)[nH]c1ccccc13. The fourth-order valence-electron chi connectivity index (χ4n) is 2.23. The Morgan fingerprint density at radius 1 is 0.944 bits per heavy atom. The Hall–Kier alpha value is -1.94. The molecule has 86 valence electrons. The van der Waals surface area contributed by atoms with Gasteiger partial charge in [-0.05, 0) is 24.3 Å². The van der Waals surface area contributed by atoms with E-state index in [2.05, 4.69) is 32.0 Å². The molecular formula is C14H8BrN3. The average Bonchev–Trinajstić information content (AvgIpc) is 2.73. The normalized spacial score (nSPS) is 11.6. The summed E-state index contributed by atoms with van der Waals surface area (Å²) in [6.07, 6.45) is 0. The van der Waals surface area contributed by atoms with Gasteiger partial charge in [-0.3, -0.25) is 0 Å². The molecule has 0 amide bonds. The molecule has 4 rings (SSSR count). The molecule has 0 spiro atoms. The number of nitrogens with one attached hydrogen (secondary N) is 1. The van der Waals surface area contributed by atoms with E-state index in [-0.39, 0.29) is 0 Å². The summed E-state index contributed by atoms with van der Waals surface area (Å²) >= 11 is 3.45. The van der Waals surface area contributed by atoms with E-state index in [9.17, 15) is 0 Å². The Morgan fingerprint density at radius 2 is 1.83 bits per heavy atom. The van der Waals surface area contributed by atoms with Crippen LogP contribution in [0.4, 0.5) is 0 Å². The third-order valence-electron chi connectivity index (χ3n) is 3.06. The minimum absolute atomic E-state index is 0.835. The number of hydrogen-bond acceptors (Lipinski definition) is 2. The summed E-state index contributed by atoms with van der Waals surface area (Å²) in [4.78, 5) is 12.6. The lowest BCUT2D eigenvalue weighted by molar-refractivity contribution is 1.35. The standard InChI is InChI=1S/C14H8BrN3/c15-8-5-6-11-12(7-8)18-14-13(16-11)9-3-1-2-4-10(9)17-14/h1-7H,(H,17,18). The molecule has 0 radical (unpaired) electrons. The summed E-state index contributed by atoms with van der Waals surface area (Å²) in [6.45, 7) is 0. The number of rotatable bonds is 0. The highest BCUT2D eigenvalue weighted by Gasteiger charge is 2.08. The minimum atomic E-state index is 0.835. The molecule has 2 aromatic heterocycles.